The lowest BCUT2D eigenvalue weighted by Gasteiger charge is -2.58. The van der Waals surface area contributed by atoms with E-state index in [9.17, 15) is 44.6 Å². The van der Waals surface area contributed by atoms with Crippen LogP contribution in [0.4, 0.5) is 0 Å². The van der Waals surface area contributed by atoms with Gasteiger partial charge in [-0.15, -0.1) is 0 Å². The van der Waals surface area contributed by atoms with Gasteiger partial charge in [0.2, 0.25) is 0 Å². The normalized spacial score (nSPS) is 27.7. The van der Waals surface area contributed by atoms with Gasteiger partial charge in [-0.3, -0.25) is 28.9 Å². The number of primary amides is 1. The minimum absolute atomic E-state index is 0.152. The third-order valence-corrected chi connectivity index (χ3v) is 11.0. The predicted octanol–water partition coefficient (Wildman–Crippen LogP) is 1.88. The monoisotopic (exact) mass is 681 g/mol. The fourth-order valence-electron chi connectivity index (χ4n) is 8.79. The lowest BCUT2D eigenvalue weighted by molar-refractivity contribution is -0.139. The molecule has 13 heteroatoms. The Morgan fingerprint density at radius 3 is 2.16 bits per heavy atom. The van der Waals surface area contributed by atoms with Gasteiger partial charge in [0, 0.05) is 11.1 Å². The number of unbranched alkanes of at least 4 members (excludes halogenated alkanes) is 2. The number of aromatic hydroxyl groups is 1. The predicted molar refractivity (Wildman–Crippen MR) is 180 cm³/mol. The van der Waals surface area contributed by atoms with E-state index in [0.717, 1.165) is 12.8 Å². The van der Waals surface area contributed by atoms with Crippen LogP contribution in [0.25, 0.3) is 5.76 Å². The summed E-state index contributed by atoms with van der Waals surface area (Å²) in [7, 11) is 2.91. The first kappa shape index (κ1) is 34.7. The number of amides is 1. The quantitative estimate of drug-likeness (QED) is 0.133. The van der Waals surface area contributed by atoms with Crippen LogP contribution >= 0.6 is 0 Å². The number of carbonyl (C=O) groups excluding carboxylic acids is 5. The lowest BCUT2D eigenvalue weighted by Crippen LogP contribution is -2.80. The number of ketones is 4. The van der Waals surface area contributed by atoms with E-state index in [0.29, 0.717) is 24.0 Å². The van der Waals surface area contributed by atoms with Crippen LogP contribution in [0.1, 0.15) is 75.6 Å². The molecular weight excluding hydrogens is 642 g/mol. The van der Waals surface area contributed by atoms with E-state index in [-0.39, 0.29) is 35.1 Å². The van der Waals surface area contributed by atoms with Gasteiger partial charge >= 0.3 is 0 Å². The van der Waals surface area contributed by atoms with Gasteiger partial charge < -0.3 is 32.5 Å². The van der Waals surface area contributed by atoms with Crippen molar-refractivity contribution in [2.75, 3.05) is 14.1 Å². The Balaban J connectivity index is 1.58. The first-order valence-electron chi connectivity index (χ1n) is 16.5. The van der Waals surface area contributed by atoms with Gasteiger partial charge in [0.25, 0.3) is 5.91 Å². The lowest BCUT2D eigenvalue weighted by atomic mass is 9.47. The summed E-state index contributed by atoms with van der Waals surface area (Å²) < 4.78 is 0. The number of nitrogens with two attached hydrogens (primary N) is 3. The first-order valence-corrected chi connectivity index (χ1v) is 16.5. The number of benzene rings is 2. The number of aliphatic hydroxyl groups is 2. The van der Waals surface area contributed by atoms with Crippen LogP contribution in [-0.2, 0) is 33.6 Å². The number of nitriles is 1. The van der Waals surface area contributed by atoms with Crippen molar-refractivity contribution in [3.05, 3.63) is 80.6 Å². The van der Waals surface area contributed by atoms with Crippen LogP contribution in [0.2, 0.25) is 0 Å². The third-order valence-electron chi connectivity index (χ3n) is 11.0. The maximum atomic E-state index is 14.8. The van der Waals surface area contributed by atoms with Crippen LogP contribution in [0.3, 0.4) is 0 Å². The van der Waals surface area contributed by atoms with E-state index in [4.69, 9.17) is 17.2 Å². The second-order valence-electron chi connectivity index (χ2n) is 14.2. The number of aliphatic hydroxyl groups excluding tert-OH is 2. The topological polar surface area (TPSA) is 251 Å². The maximum absolute atomic E-state index is 14.8. The smallest absolute Gasteiger partial charge is 0.255 e. The van der Waals surface area contributed by atoms with Crippen LogP contribution in [-0.4, -0.2) is 80.5 Å². The van der Waals surface area contributed by atoms with Crippen LogP contribution in [0, 0.1) is 22.7 Å². The molecule has 4 aliphatic carbocycles. The van der Waals surface area contributed by atoms with Crippen molar-refractivity contribution in [1.29, 1.82) is 5.26 Å². The van der Waals surface area contributed by atoms with Crippen molar-refractivity contribution in [2.45, 2.75) is 69.0 Å². The summed E-state index contributed by atoms with van der Waals surface area (Å²) in [4.78, 5) is 68.9. The van der Waals surface area contributed by atoms with Crippen molar-refractivity contribution in [1.82, 2.24) is 4.90 Å². The number of carbonyl (C=O) groups is 5. The fourth-order valence-corrected chi connectivity index (χ4v) is 8.79. The Morgan fingerprint density at radius 2 is 1.62 bits per heavy atom. The number of rotatable bonds is 8. The summed E-state index contributed by atoms with van der Waals surface area (Å²) in [5.41, 5.74) is 12.8. The molecule has 2 aromatic rings. The summed E-state index contributed by atoms with van der Waals surface area (Å²) in [6, 6.07) is 8.41. The molecule has 4 atom stereocenters. The van der Waals surface area contributed by atoms with Gasteiger partial charge in [-0.05, 0) is 62.9 Å². The second kappa shape index (κ2) is 11.7. The zero-order valence-electron chi connectivity index (χ0n) is 28.0. The molecule has 0 aromatic heterocycles. The summed E-state index contributed by atoms with van der Waals surface area (Å²) in [5.74, 6) is -8.01. The standard InChI is InChI=1S/C37H39N5O8/c1-4-5-6-9-17-12-18(13-21-27(44)19-10-7-8-11-20(19)28(21)45)26(43)23-22(17)14-35(40)15-37(41)31(42(2)3)30(47)24(34(39)50)32(48)36(37,16-38)33(49)25(35)29(23)46/h7-8,10-12,21,31,43,46,48H,4-6,9,13-15,40-41H2,1-3H3,(H2,39,50)/t31-,35-,36+,37-/m1/s1. The van der Waals surface area contributed by atoms with E-state index >= 15 is 0 Å². The molecule has 1 amide bonds. The first-order chi connectivity index (χ1) is 23.5. The van der Waals surface area contributed by atoms with Crippen molar-refractivity contribution < 1.29 is 39.3 Å². The molecule has 260 valence electrons. The minimum atomic E-state index is -2.78. The molecule has 50 heavy (non-hydrogen) atoms. The Labute approximate surface area is 288 Å². The summed E-state index contributed by atoms with van der Waals surface area (Å²) in [6.07, 6.45) is 2.05. The SMILES string of the molecule is CCCCCc1cc(CC2C(=O)c3ccccc3C2=O)c(O)c2c1C[C@@]1(N)C[C@@]3(N)[C@H](N(C)C)C(=O)C(C(N)=O)=C(O)[C@@]3(C#N)C(=O)C1=C2O. The Morgan fingerprint density at radius 1 is 1.00 bits per heavy atom. The van der Waals surface area contributed by atoms with Gasteiger partial charge in [-0.25, -0.2) is 0 Å². The van der Waals surface area contributed by atoms with E-state index < -0.39 is 92.3 Å². The number of Topliss-reactive ketones (excluding diaryl/α,β-unsaturated/α-hetero) is 4. The molecule has 0 bridgehead atoms. The molecule has 1 fully saturated rings. The van der Waals surface area contributed by atoms with Crippen molar-refractivity contribution in [3.63, 3.8) is 0 Å². The molecule has 0 aliphatic heterocycles. The summed E-state index contributed by atoms with van der Waals surface area (Å²) >= 11 is 0. The highest BCUT2D eigenvalue weighted by molar-refractivity contribution is 6.27. The zero-order chi connectivity index (χ0) is 36.7. The molecule has 0 unspecified atom stereocenters. The summed E-state index contributed by atoms with van der Waals surface area (Å²) in [5, 5.41) is 46.0. The van der Waals surface area contributed by atoms with E-state index in [2.05, 4.69) is 0 Å². The molecule has 2 aromatic carbocycles. The molecule has 0 heterocycles. The highest BCUT2D eigenvalue weighted by Crippen LogP contribution is 2.58. The number of likely N-dealkylation sites (N-methyl/N-ethyl adjacent to an activating group) is 1. The average Bonchev–Trinajstić information content (AvgIpc) is 3.27. The van der Waals surface area contributed by atoms with Crippen LogP contribution in [0.15, 0.2) is 47.2 Å². The van der Waals surface area contributed by atoms with E-state index in [1.807, 2.05) is 6.92 Å². The number of hydrogen-bond donors (Lipinski definition) is 6. The number of hydrogen-bond acceptors (Lipinski definition) is 12. The van der Waals surface area contributed by atoms with Crippen molar-refractivity contribution in [2.24, 2.45) is 28.5 Å². The minimum Gasteiger partial charge on any atom is -0.509 e. The van der Waals surface area contributed by atoms with Crippen molar-refractivity contribution in [3.8, 4) is 11.8 Å². The molecule has 1 saturated carbocycles. The molecular formula is C37H39N5O8. The molecule has 0 spiro atoms. The number of aryl methyl sites for hydroxylation is 1. The molecule has 9 N–H and O–H groups in total. The number of phenols is 1. The molecule has 6 rings (SSSR count). The molecule has 13 nitrogen and oxygen atoms in total. The number of phenolic OH excluding ortho intramolecular Hbond substituents is 1. The van der Waals surface area contributed by atoms with Gasteiger partial charge in [0.15, 0.2) is 28.5 Å². The third kappa shape index (κ3) is 4.45. The fraction of sp³-hybridized carbons (Fsp3) is 0.405. The highest BCUT2D eigenvalue weighted by Gasteiger charge is 2.74. The number of nitrogens with zero attached hydrogens (tertiary/aromatic N) is 2. The van der Waals surface area contributed by atoms with Gasteiger partial charge in [-0.1, -0.05) is 50.1 Å². The average molecular weight is 682 g/mol. The second-order valence-corrected chi connectivity index (χ2v) is 14.2. The Kier molecular flexibility index (Phi) is 8.14. The highest BCUT2D eigenvalue weighted by atomic mass is 16.3. The zero-order valence-corrected chi connectivity index (χ0v) is 28.0. The molecule has 0 radical (unpaired) electrons. The van der Waals surface area contributed by atoms with Crippen molar-refractivity contribution >= 4 is 34.8 Å². The van der Waals surface area contributed by atoms with E-state index in [1.54, 1.807) is 36.4 Å². The Bertz CT molecular complexity index is 2010. The Hall–Kier alpha value is -5.16. The van der Waals surface area contributed by atoms with Gasteiger partial charge in [0.1, 0.15) is 22.8 Å². The van der Waals surface area contributed by atoms with Crippen LogP contribution in [0.5, 0.6) is 5.75 Å². The van der Waals surface area contributed by atoms with Gasteiger partial charge in [0.05, 0.1) is 40.2 Å². The number of fused-ring (bicyclic) bond motifs is 4. The maximum Gasteiger partial charge on any atom is 0.255 e. The molecule has 4 aliphatic rings. The van der Waals surface area contributed by atoms with E-state index in [1.165, 1.54) is 19.0 Å². The van der Waals surface area contributed by atoms with Crippen LogP contribution < -0.4 is 17.2 Å². The summed E-state index contributed by atoms with van der Waals surface area (Å²) in [6.45, 7) is 2.03. The molecule has 0 saturated heterocycles. The largest absolute Gasteiger partial charge is 0.509 e. The van der Waals surface area contributed by atoms with Gasteiger partial charge in [-0.2, -0.15) is 5.26 Å².